The summed E-state index contributed by atoms with van der Waals surface area (Å²) in [7, 11) is 1.42. The standard InChI is InChI=1S/C14H19N5O6/c1-3-7(20)24-4-6-9(21)10(22)13(25-6)19-5-16-8-11(19)17-14(15)18-12(8)23-2/h5-6,9-10,13,21-22H,3-4H2,1-2H3,(H2,15,17,18)/t6-,9-,10+,13-/m1/s1. The molecular weight excluding hydrogens is 334 g/mol. The van der Waals surface area contributed by atoms with E-state index in [9.17, 15) is 15.0 Å². The monoisotopic (exact) mass is 353 g/mol. The molecule has 11 heteroatoms. The van der Waals surface area contributed by atoms with Crippen molar-refractivity contribution in [2.45, 2.75) is 37.9 Å². The van der Waals surface area contributed by atoms with Gasteiger partial charge >= 0.3 is 5.97 Å². The van der Waals surface area contributed by atoms with Gasteiger partial charge in [0.25, 0.3) is 0 Å². The smallest absolute Gasteiger partial charge is 0.305 e. The molecule has 0 aromatic carbocycles. The molecule has 25 heavy (non-hydrogen) atoms. The topological polar surface area (TPSA) is 155 Å². The fraction of sp³-hybridized carbons (Fsp3) is 0.571. The van der Waals surface area contributed by atoms with E-state index in [4.69, 9.17) is 19.9 Å². The Morgan fingerprint density at radius 1 is 1.40 bits per heavy atom. The van der Waals surface area contributed by atoms with Crippen LogP contribution in [0.15, 0.2) is 6.33 Å². The Morgan fingerprint density at radius 2 is 2.16 bits per heavy atom. The molecule has 3 heterocycles. The number of carbonyl (C=O) groups excluding carboxylic acids is 1. The minimum Gasteiger partial charge on any atom is -0.479 e. The number of esters is 1. The van der Waals surface area contributed by atoms with Gasteiger partial charge in [0.05, 0.1) is 13.4 Å². The van der Waals surface area contributed by atoms with Crippen LogP contribution in [-0.4, -0.2) is 67.7 Å². The van der Waals surface area contributed by atoms with Gasteiger partial charge in [0.15, 0.2) is 17.4 Å². The van der Waals surface area contributed by atoms with Crippen LogP contribution >= 0.6 is 0 Å². The van der Waals surface area contributed by atoms with Gasteiger partial charge in [0.1, 0.15) is 24.9 Å². The zero-order valence-corrected chi connectivity index (χ0v) is 13.7. The second-order valence-corrected chi connectivity index (χ2v) is 5.50. The van der Waals surface area contributed by atoms with Gasteiger partial charge in [-0.15, -0.1) is 0 Å². The van der Waals surface area contributed by atoms with Crippen LogP contribution in [0.2, 0.25) is 0 Å². The minimum atomic E-state index is -1.27. The quantitative estimate of drug-likeness (QED) is 0.569. The number of imidazole rings is 1. The van der Waals surface area contributed by atoms with Crippen LogP contribution < -0.4 is 10.5 Å². The third kappa shape index (κ3) is 3.08. The van der Waals surface area contributed by atoms with Gasteiger partial charge in [-0.25, -0.2) is 4.98 Å². The van der Waals surface area contributed by atoms with Gasteiger partial charge in [-0.3, -0.25) is 9.36 Å². The summed E-state index contributed by atoms with van der Waals surface area (Å²) in [5.74, 6) is -0.276. The van der Waals surface area contributed by atoms with Crippen molar-refractivity contribution in [3.05, 3.63) is 6.33 Å². The van der Waals surface area contributed by atoms with Crippen molar-refractivity contribution in [2.24, 2.45) is 0 Å². The average Bonchev–Trinajstić information content (AvgIpc) is 3.14. The number of aliphatic hydroxyl groups is 2. The van der Waals surface area contributed by atoms with E-state index in [-0.39, 0.29) is 30.5 Å². The van der Waals surface area contributed by atoms with Crippen LogP contribution in [0.5, 0.6) is 5.88 Å². The highest BCUT2D eigenvalue weighted by Gasteiger charge is 2.45. The molecule has 0 spiro atoms. The number of hydrogen-bond acceptors (Lipinski definition) is 10. The Morgan fingerprint density at radius 3 is 2.84 bits per heavy atom. The van der Waals surface area contributed by atoms with Crippen LogP contribution in [-0.2, 0) is 14.3 Å². The lowest BCUT2D eigenvalue weighted by atomic mass is 10.1. The number of nitrogen functional groups attached to an aromatic ring is 1. The summed E-state index contributed by atoms with van der Waals surface area (Å²) in [6, 6.07) is 0. The van der Waals surface area contributed by atoms with Gasteiger partial charge in [0, 0.05) is 6.42 Å². The van der Waals surface area contributed by atoms with E-state index in [0.717, 1.165) is 0 Å². The molecule has 0 saturated carbocycles. The maximum atomic E-state index is 11.3. The van der Waals surface area contributed by atoms with Crippen LogP contribution in [0.3, 0.4) is 0 Å². The van der Waals surface area contributed by atoms with Gasteiger partial charge in [-0.1, -0.05) is 6.92 Å². The first-order valence-corrected chi connectivity index (χ1v) is 7.67. The number of aromatic nitrogens is 4. The van der Waals surface area contributed by atoms with Crippen molar-refractivity contribution >= 4 is 23.1 Å². The highest BCUT2D eigenvalue weighted by molar-refractivity contribution is 5.77. The van der Waals surface area contributed by atoms with E-state index in [2.05, 4.69) is 15.0 Å². The largest absolute Gasteiger partial charge is 0.479 e. The lowest BCUT2D eigenvalue weighted by Gasteiger charge is -2.16. The van der Waals surface area contributed by atoms with Crippen LogP contribution in [0.4, 0.5) is 5.95 Å². The zero-order chi connectivity index (χ0) is 18.1. The Labute approximate surface area is 142 Å². The number of anilines is 1. The van der Waals surface area contributed by atoms with Crippen molar-refractivity contribution in [3.63, 3.8) is 0 Å². The predicted octanol–water partition coefficient (Wildman–Crippen LogP) is -1.01. The fourth-order valence-electron chi connectivity index (χ4n) is 2.61. The number of nitrogens with two attached hydrogens (primary N) is 1. The molecule has 0 amide bonds. The molecule has 136 valence electrons. The molecule has 0 aliphatic carbocycles. The van der Waals surface area contributed by atoms with Crippen molar-refractivity contribution in [1.82, 2.24) is 19.5 Å². The van der Waals surface area contributed by atoms with E-state index in [1.807, 2.05) is 0 Å². The third-order valence-electron chi connectivity index (χ3n) is 3.91. The molecule has 3 rings (SSSR count). The van der Waals surface area contributed by atoms with Crippen LogP contribution in [0, 0.1) is 0 Å². The first kappa shape index (κ1) is 17.3. The van der Waals surface area contributed by atoms with E-state index in [1.165, 1.54) is 18.0 Å². The predicted molar refractivity (Wildman–Crippen MR) is 83.5 cm³/mol. The van der Waals surface area contributed by atoms with Crippen LogP contribution in [0.1, 0.15) is 19.6 Å². The number of aliphatic hydroxyl groups excluding tert-OH is 2. The summed E-state index contributed by atoms with van der Waals surface area (Å²) in [5.41, 5.74) is 6.28. The summed E-state index contributed by atoms with van der Waals surface area (Å²) >= 11 is 0. The molecule has 4 atom stereocenters. The molecule has 1 aliphatic rings. The first-order valence-electron chi connectivity index (χ1n) is 7.67. The molecule has 1 fully saturated rings. The number of hydrogen-bond donors (Lipinski definition) is 3. The highest BCUT2D eigenvalue weighted by atomic mass is 16.6. The summed E-state index contributed by atoms with van der Waals surface area (Å²) in [5, 5.41) is 20.5. The summed E-state index contributed by atoms with van der Waals surface area (Å²) < 4.78 is 17.2. The number of rotatable bonds is 5. The second-order valence-electron chi connectivity index (χ2n) is 5.50. The van der Waals surface area contributed by atoms with E-state index >= 15 is 0 Å². The van der Waals surface area contributed by atoms with E-state index in [0.29, 0.717) is 5.52 Å². The summed E-state index contributed by atoms with van der Waals surface area (Å²) in [6.07, 6.45) is -2.80. The molecule has 2 aromatic rings. The van der Waals surface area contributed by atoms with E-state index < -0.39 is 30.5 Å². The molecule has 0 radical (unpaired) electrons. The molecule has 1 aliphatic heterocycles. The molecule has 4 N–H and O–H groups in total. The normalized spacial score (nSPS) is 26.1. The van der Waals surface area contributed by atoms with Crippen molar-refractivity contribution < 1.29 is 29.2 Å². The second kappa shape index (κ2) is 6.78. The van der Waals surface area contributed by atoms with Crippen molar-refractivity contribution in [1.29, 1.82) is 0 Å². The number of methoxy groups -OCH3 is 1. The maximum Gasteiger partial charge on any atom is 0.305 e. The molecule has 11 nitrogen and oxygen atoms in total. The molecule has 2 aromatic heterocycles. The Hall–Kier alpha value is -2.50. The lowest BCUT2D eigenvalue weighted by molar-refractivity contribution is -0.149. The van der Waals surface area contributed by atoms with Crippen molar-refractivity contribution in [3.8, 4) is 5.88 Å². The van der Waals surface area contributed by atoms with E-state index in [1.54, 1.807) is 6.92 Å². The summed E-state index contributed by atoms with van der Waals surface area (Å²) in [4.78, 5) is 23.4. The number of ether oxygens (including phenoxy) is 3. The Balaban J connectivity index is 1.88. The SMILES string of the molecule is CCC(=O)OC[C@H]1O[C@@H](n2cnc3c(OC)nc(N)nc32)[C@@H](O)[C@@H]1O. The third-order valence-corrected chi connectivity index (χ3v) is 3.91. The Bertz CT molecular complexity index is 780. The summed E-state index contributed by atoms with van der Waals surface area (Å²) in [6.45, 7) is 1.48. The molecular formula is C14H19N5O6. The zero-order valence-electron chi connectivity index (χ0n) is 13.7. The van der Waals surface area contributed by atoms with Gasteiger partial charge in [-0.2, -0.15) is 9.97 Å². The molecule has 0 bridgehead atoms. The van der Waals surface area contributed by atoms with Crippen LogP contribution in [0.25, 0.3) is 11.2 Å². The maximum absolute atomic E-state index is 11.3. The number of nitrogens with zero attached hydrogens (tertiary/aromatic N) is 4. The van der Waals surface area contributed by atoms with Gasteiger partial charge in [0.2, 0.25) is 11.8 Å². The number of carbonyl (C=O) groups is 1. The Kier molecular flexibility index (Phi) is 4.70. The minimum absolute atomic E-state index is 0.0347. The van der Waals surface area contributed by atoms with Gasteiger partial charge < -0.3 is 30.2 Å². The fourth-order valence-corrected chi connectivity index (χ4v) is 2.61. The molecule has 0 unspecified atom stereocenters. The lowest BCUT2D eigenvalue weighted by Crippen LogP contribution is -2.34. The van der Waals surface area contributed by atoms with Crippen molar-refractivity contribution in [2.75, 3.05) is 19.5 Å². The average molecular weight is 353 g/mol. The highest BCUT2D eigenvalue weighted by Crippen LogP contribution is 2.33. The van der Waals surface area contributed by atoms with Gasteiger partial charge in [-0.05, 0) is 0 Å². The molecule has 1 saturated heterocycles. The first-order chi connectivity index (χ1) is 12.0. The number of fused-ring (bicyclic) bond motifs is 1.